The zero-order chi connectivity index (χ0) is 8.39. The first-order valence-corrected chi connectivity index (χ1v) is 3.80. The summed E-state index contributed by atoms with van der Waals surface area (Å²) < 4.78 is 6.98. The lowest BCUT2D eigenvalue weighted by molar-refractivity contribution is 0.134. The third kappa shape index (κ3) is 1.08. The van der Waals surface area contributed by atoms with Gasteiger partial charge in [-0.25, -0.2) is 4.98 Å². The molecular formula is C9H10N2O. The van der Waals surface area contributed by atoms with Crippen LogP contribution in [0.2, 0.25) is 0 Å². The second-order valence-electron chi connectivity index (χ2n) is 2.62. The van der Waals surface area contributed by atoms with E-state index < -0.39 is 0 Å². The number of nitrogens with zero attached hydrogens (tertiary/aromatic N) is 2. The number of hydrogen-bond donors (Lipinski definition) is 0. The zero-order valence-corrected chi connectivity index (χ0v) is 6.90. The van der Waals surface area contributed by atoms with Gasteiger partial charge in [-0.2, -0.15) is 0 Å². The molecule has 0 aliphatic carbocycles. The van der Waals surface area contributed by atoms with Crippen LogP contribution in [-0.4, -0.2) is 16.7 Å². The molecule has 0 spiro atoms. The predicted octanol–water partition coefficient (Wildman–Crippen LogP) is 1.64. The molecule has 0 atom stereocenters. The van der Waals surface area contributed by atoms with Crippen LogP contribution in [0.5, 0.6) is 0 Å². The van der Waals surface area contributed by atoms with Crippen molar-refractivity contribution in [2.45, 2.75) is 6.73 Å². The molecule has 3 heteroatoms. The number of aromatic nitrogens is 2. The van der Waals surface area contributed by atoms with E-state index >= 15 is 0 Å². The summed E-state index contributed by atoms with van der Waals surface area (Å²) in [6, 6.07) is 6.00. The SMILES string of the molecule is COCn1ccc2cccnc21. The molecule has 12 heavy (non-hydrogen) atoms. The van der Waals surface area contributed by atoms with Crippen molar-refractivity contribution in [3.63, 3.8) is 0 Å². The van der Waals surface area contributed by atoms with Crippen LogP contribution < -0.4 is 0 Å². The van der Waals surface area contributed by atoms with Gasteiger partial charge >= 0.3 is 0 Å². The Labute approximate surface area is 70.6 Å². The van der Waals surface area contributed by atoms with Gasteiger partial charge in [-0.3, -0.25) is 0 Å². The fraction of sp³-hybridized carbons (Fsp3) is 0.222. The molecule has 0 aliphatic rings. The van der Waals surface area contributed by atoms with Gasteiger partial charge in [0.1, 0.15) is 12.4 Å². The Balaban J connectivity index is 2.55. The molecule has 0 N–H and O–H groups in total. The van der Waals surface area contributed by atoms with Crippen molar-refractivity contribution < 1.29 is 4.74 Å². The minimum atomic E-state index is 0.556. The van der Waals surface area contributed by atoms with Gasteiger partial charge in [0.2, 0.25) is 0 Å². The molecule has 0 bridgehead atoms. The largest absolute Gasteiger partial charge is 0.364 e. The van der Waals surface area contributed by atoms with Crippen molar-refractivity contribution in [1.29, 1.82) is 0 Å². The molecule has 62 valence electrons. The summed E-state index contributed by atoms with van der Waals surface area (Å²) in [7, 11) is 1.68. The monoisotopic (exact) mass is 162 g/mol. The van der Waals surface area contributed by atoms with Crippen LogP contribution in [0.3, 0.4) is 0 Å². The number of fused-ring (bicyclic) bond motifs is 1. The maximum atomic E-state index is 5.02. The van der Waals surface area contributed by atoms with E-state index in [2.05, 4.69) is 4.98 Å². The maximum absolute atomic E-state index is 5.02. The van der Waals surface area contributed by atoms with Crippen molar-refractivity contribution in [1.82, 2.24) is 9.55 Å². The molecule has 0 aliphatic heterocycles. The summed E-state index contributed by atoms with van der Waals surface area (Å²) in [6.07, 6.45) is 3.76. The number of rotatable bonds is 2. The highest BCUT2D eigenvalue weighted by atomic mass is 16.5. The van der Waals surface area contributed by atoms with E-state index in [4.69, 9.17) is 4.74 Å². The van der Waals surface area contributed by atoms with Crippen LogP contribution in [-0.2, 0) is 11.5 Å². The van der Waals surface area contributed by atoms with Crippen LogP contribution in [0.4, 0.5) is 0 Å². The Morgan fingerprint density at radius 1 is 1.50 bits per heavy atom. The molecule has 2 aromatic rings. The Morgan fingerprint density at radius 2 is 2.42 bits per heavy atom. The molecule has 0 amide bonds. The van der Waals surface area contributed by atoms with Crippen molar-refractivity contribution in [3.8, 4) is 0 Å². The van der Waals surface area contributed by atoms with Gasteiger partial charge < -0.3 is 9.30 Å². The van der Waals surface area contributed by atoms with Gasteiger partial charge in [-0.1, -0.05) is 0 Å². The van der Waals surface area contributed by atoms with E-state index in [0.29, 0.717) is 6.73 Å². The van der Waals surface area contributed by atoms with Crippen LogP contribution >= 0.6 is 0 Å². The standard InChI is InChI=1S/C9H10N2O/c1-12-7-11-6-4-8-3-2-5-10-9(8)11/h2-6H,7H2,1H3. The molecule has 0 fully saturated rings. The molecule has 0 aromatic carbocycles. The highest BCUT2D eigenvalue weighted by Gasteiger charge is 1.98. The third-order valence-electron chi connectivity index (χ3n) is 1.79. The Kier molecular flexibility index (Phi) is 1.80. The van der Waals surface area contributed by atoms with Crippen molar-refractivity contribution >= 4 is 11.0 Å². The van der Waals surface area contributed by atoms with Gasteiger partial charge in [0.25, 0.3) is 0 Å². The summed E-state index contributed by atoms with van der Waals surface area (Å²) >= 11 is 0. The summed E-state index contributed by atoms with van der Waals surface area (Å²) in [5.41, 5.74) is 0.972. The Bertz CT molecular complexity index is 381. The fourth-order valence-electron chi connectivity index (χ4n) is 1.26. The van der Waals surface area contributed by atoms with E-state index in [1.165, 1.54) is 0 Å². The molecular weight excluding hydrogens is 152 g/mol. The molecule has 2 heterocycles. The first kappa shape index (κ1) is 7.31. The molecule has 0 unspecified atom stereocenters. The van der Waals surface area contributed by atoms with Gasteiger partial charge in [-0.15, -0.1) is 0 Å². The predicted molar refractivity (Wildman–Crippen MR) is 46.7 cm³/mol. The maximum Gasteiger partial charge on any atom is 0.141 e. The van der Waals surface area contributed by atoms with Gasteiger partial charge in [-0.05, 0) is 18.2 Å². The minimum Gasteiger partial charge on any atom is -0.364 e. The molecule has 2 rings (SSSR count). The summed E-state index contributed by atoms with van der Waals surface area (Å²) in [5, 5.41) is 1.15. The smallest absolute Gasteiger partial charge is 0.141 e. The summed E-state index contributed by atoms with van der Waals surface area (Å²) in [5.74, 6) is 0. The normalized spacial score (nSPS) is 10.8. The Hall–Kier alpha value is -1.35. The molecule has 3 nitrogen and oxygen atoms in total. The summed E-state index contributed by atoms with van der Waals surface area (Å²) in [4.78, 5) is 4.24. The molecule has 2 aromatic heterocycles. The fourth-order valence-corrected chi connectivity index (χ4v) is 1.26. The van der Waals surface area contributed by atoms with Gasteiger partial charge in [0.05, 0.1) is 0 Å². The third-order valence-corrected chi connectivity index (χ3v) is 1.79. The molecule has 0 saturated carbocycles. The average Bonchev–Trinajstić information content (AvgIpc) is 2.50. The van der Waals surface area contributed by atoms with E-state index in [1.807, 2.05) is 29.0 Å². The van der Waals surface area contributed by atoms with Gasteiger partial charge in [0, 0.05) is 24.9 Å². The quantitative estimate of drug-likeness (QED) is 0.671. The minimum absolute atomic E-state index is 0.556. The Morgan fingerprint density at radius 3 is 3.25 bits per heavy atom. The second-order valence-corrected chi connectivity index (χ2v) is 2.62. The lowest BCUT2D eigenvalue weighted by Gasteiger charge is -2.00. The number of ether oxygens (including phenoxy) is 1. The lowest BCUT2D eigenvalue weighted by atomic mass is 10.3. The van der Waals surface area contributed by atoms with E-state index in [1.54, 1.807) is 13.3 Å². The number of hydrogen-bond acceptors (Lipinski definition) is 2. The van der Waals surface area contributed by atoms with Crippen LogP contribution in [0.15, 0.2) is 30.6 Å². The van der Waals surface area contributed by atoms with Crippen molar-refractivity contribution in [2.24, 2.45) is 0 Å². The first-order valence-electron chi connectivity index (χ1n) is 3.80. The van der Waals surface area contributed by atoms with E-state index in [0.717, 1.165) is 11.0 Å². The molecule has 0 saturated heterocycles. The van der Waals surface area contributed by atoms with Crippen LogP contribution in [0, 0.1) is 0 Å². The zero-order valence-electron chi connectivity index (χ0n) is 6.90. The second kappa shape index (κ2) is 2.95. The first-order chi connectivity index (χ1) is 5.92. The highest BCUT2D eigenvalue weighted by molar-refractivity contribution is 5.75. The van der Waals surface area contributed by atoms with Crippen LogP contribution in [0.1, 0.15) is 0 Å². The van der Waals surface area contributed by atoms with Gasteiger partial charge in [0.15, 0.2) is 0 Å². The van der Waals surface area contributed by atoms with Crippen molar-refractivity contribution in [2.75, 3.05) is 7.11 Å². The average molecular weight is 162 g/mol. The van der Waals surface area contributed by atoms with E-state index in [-0.39, 0.29) is 0 Å². The summed E-state index contributed by atoms with van der Waals surface area (Å²) in [6.45, 7) is 0.556. The van der Waals surface area contributed by atoms with E-state index in [9.17, 15) is 0 Å². The highest BCUT2D eigenvalue weighted by Crippen LogP contribution is 2.11. The van der Waals surface area contributed by atoms with Crippen LogP contribution in [0.25, 0.3) is 11.0 Å². The lowest BCUT2D eigenvalue weighted by Crippen LogP contribution is -1.98. The number of methoxy groups -OCH3 is 1. The topological polar surface area (TPSA) is 27.1 Å². The molecule has 0 radical (unpaired) electrons. The number of pyridine rings is 1. The van der Waals surface area contributed by atoms with Crippen molar-refractivity contribution in [3.05, 3.63) is 30.6 Å².